The van der Waals surface area contributed by atoms with Crippen LogP contribution in [0.1, 0.15) is 5.82 Å². The van der Waals surface area contributed by atoms with Gasteiger partial charge in [0.1, 0.15) is 5.82 Å². The number of aromatic nitrogens is 4. The standard InChI is InChI=1S/C17H16FN5O3/c1-25-14-7-2-3-8-15(14)26-11-17(24)19-10-16-20-21-22-23(16)13-6-4-5-12(18)9-13/h2-9H,10-11H2,1H3,(H,19,24). The number of tetrazole rings is 1. The molecule has 1 aromatic heterocycles. The third-order valence-corrected chi connectivity index (χ3v) is 3.46. The summed E-state index contributed by atoms with van der Waals surface area (Å²) in [6.07, 6.45) is 0. The van der Waals surface area contributed by atoms with Gasteiger partial charge < -0.3 is 14.8 Å². The van der Waals surface area contributed by atoms with Crippen LogP contribution in [0.3, 0.4) is 0 Å². The second-order valence-corrected chi connectivity index (χ2v) is 5.20. The molecule has 0 saturated heterocycles. The number of nitrogens with zero attached hydrogens (tertiary/aromatic N) is 4. The lowest BCUT2D eigenvalue weighted by Gasteiger charge is -2.10. The van der Waals surface area contributed by atoms with E-state index >= 15 is 0 Å². The van der Waals surface area contributed by atoms with E-state index < -0.39 is 5.82 Å². The zero-order chi connectivity index (χ0) is 18.4. The van der Waals surface area contributed by atoms with Gasteiger partial charge >= 0.3 is 0 Å². The van der Waals surface area contributed by atoms with Crippen molar-refractivity contribution in [3.05, 3.63) is 60.2 Å². The molecule has 26 heavy (non-hydrogen) atoms. The van der Waals surface area contributed by atoms with Gasteiger partial charge in [0.05, 0.1) is 19.3 Å². The van der Waals surface area contributed by atoms with Gasteiger partial charge in [-0.3, -0.25) is 4.79 Å². The minimum Gasteiger partial charge on any atom is -0.493 e. The van der Waals surface area contributed by atoms with E-state index in [9.17, 15) is 9.18 Å². The molecule has 0 saturated carbocycles. The first kappa shape index (κ1) is 17.3. The van der Waals surface area contributed by atoms with Crippen LogP contribution in [0.5, 0.6) is 11.5 Å². The minimum absolute atomic E-state index is 0.0671. The minimum atomic E-state index is -0.404. The lowest BCUT2D eigenvalue weighted by molar-refractivity contribution is -0.123. The Morgan fingerprint density at radius 3 is 2.77 bits per heavy atom. The first-order valence-electron chi connectivity index (χ1n) is 7.73. The number of carbonyl (C=O) groups excluding carboxylic acids is 1. The Labute approximate surface area is 148 Å². The average Bonchev–Trinajstić information content (AvgIpc) is 3.13. The van der Waals surface area contributed by atoms with Crippen molar-refractivity contribution in [2.24, 2.45) is 0 Å². The van der Waals surface area contributed by atoms with Gasteiger partial charge in [-0.1, -0.05) is 18.2 Å². The fourth-order valence-corrected chi connectivity index (χ4v) is 2.23. The van der Waals surface area contributed by atoms with Crippen LogP contribution in [-0.4, -0.2) is 39.8 Å². The molecule has 0 aliphatic rings. The highest BCUT2D eigenvalue weighted by atomic mass is 19.1. The Balaban J connectivity index is 1.58. The largest absolute Gasteiger partial charge is 0.493 e. The molecule has 0 bridgehead atoms. The normalized spacial score (nSPS) is 10.4. The van der Waals surface area contributed by atoms with Crippen LogP contribution in [0.4, 0.5) is 4.39 Å². The predicted octanol–water partition coefficient (Wildman–Crippen LogP) is 1.51. The van der Waals surface area contributed by atoms with Gasteiger partial charge in [-0.15, -0.1) is 5.10 Å². The number of rotatable bonds is 7. The molecule has 8 nitrogen and oxygen atoms in total. The van der Waals surface area contributed by atoms with Gasteiger partial charge in [0.15, 0.2) is 23.9 Å². The van der Waals surface area contributed by atoms with Gasteiger partial charge in [-0.25, -0.2) is 4.39 Å². The van der Waals surface area contributed by atoms with E-state index in [2.05, 4.69) is 20.8 Å². The van der Waals surface area contributed by atoms with Crippen LogP contribution in [0.25, 0.3) is 5.69 Å². The van der Waals surface area contributed by atoms with E-state index in [1.807, 2.05) is 0 Å². The first-order chi connectivity index (χ1) is 12.7. The molecule has 0 fully saturated rings. The number of amides is 1. The Bertz CT molecular complexity index is 899. The monoisotopic (exact) mass is 357 g/mol. The lowest BCUT2D eigenvalue weighted by atomic mass is 10.3. The number of benzene rings is 2. The molecule has 3 rings (SSSR count). The molecule has 1 N–H and O–H groups in total. The average molecular weight is 357 g/mol. The second-order valence-electron chi connectivity index (χ2n) is 5.20. The van der Waals surface area contributed by atoms with Gasteiger partial charge in [0.2, 0.25) is 0 Å². The van der Waals surface area contributed by atoms with Crippen molar-refractivity contribution < 1.29 is 18.7 Å². The van der Waals surface area contributed by atoms with Crippen LogP contribution in [0, 0.1) is 5.82 Å². The van der Waals surface area contributed by atoms with Gasteiger partial charge in [-0.05, 0) is 40.8 Å². The van der Waals surface area contributed by atoms with Crippen molar-refractivity contribution in [3.8, 4) is 17.2 Å². The SMILES string of the molecule is COc1ccccc1OCC(=O)NCc1nnnn1-c1cccc(F)c1. The molecule has 0 aliphatic carbocycles. The molecular formula is C17H16FN5O3. The molecular weight excluding hydrogens is 341 g/mol. The van der Waals surface area contributed by atoms with Crippen LogP contribution in [0.2, 0.25) is 0 Å². The summed E-state index contributed by atoms with van der Waals surface area (Å²) in [5.74, 6) is 0.606. The molecule has 0 atom stereocenters. The quantitative estimate of drug-likeness (QED) is 0.689. The van der Waals surface area contributed by atoms with Crippen molar-refractivity contribution in [1.82, 2.24) is 25.5 Å². The van der Waals surface area contributed by atoms with Gasteiger partial charge in [0.25, 0.3) is 5.91 Å². The molecule has 1 amide bonds. The van der Waals surface area contributed by atoms with Crippen LogP contribution in [-0.2, 0) is 11.3 Å². The molecule has 3 aromatic rings. The van der Waals surface area contributed by atoms with E-state index in [0.717, 1.165) is 0 Å². The van der Waals surface area contributed by atoms with Crippen LogP contribution in [0.15, 0.2) is 48.5 Å². The zero-order valence-corrected chi connectivity index (χ0v) is 13.9. The molecule has 0 unspecified atom stereocenters. The fourth-order valence-electron chi connectivity index (χ4n) is 2.23. The number of hydrogen-bond acceptors (Lipinski definition) is 6. The lowest BCUT2D eigenvalue weighted by Crippen LogP contribution is -2.29. The topological polar surface area (TPSA) is 91.2 Å². The summed E-state index contributed by atoms with van der Waals surface area (Å²) in [5, 5.41) is 13.9. The highest BCUT2D eigenvalue weighted by Crippen LogP contribution is 2.25. The predicted molar refractivity (Wildman–Crippen MR) is 89.4 cm³/mol. The van der Waals surface area contributed by atoms with Crippen LogP contribution < -0.4 is 14.8 Å². The molecule has 1 heterocycles. The van der Waals surface area contributed by atoms with Crippen molar-refractivity contribution in [1.29, 1.82) is 0 Å². The number of hydrogen-bond donors (Lipinski definition) is 1. The fraction of sp³-hybridized carbons (Fsp3) is 0.176. The third kappa shape index (κ3) is 4.12. The molecule has 2 aromatic carbocycles. The van der Waals surface area contributed by atoms with Crippen molar-refractivity contribution in [3.63, 3.8) is 0 Å². The first-order valence-corrected chi connectivity index (χ1v) is 7.73. The number of methoxy groups -OCH3 is 1. The van der Waals surface area contributed by atoms with Crippen molar-refractivity contribution in [2.75, 3.05) is 13.7 Å². The van der Waals surface area contributed by atoms with E-state index in [-0.39, 0.29) is 19.1 Å². The molecule has 0 spiro atoms. The van der Waals surface area contributed by atoms with Crippen molar-refractivity contribution in [2.45, 2.75) is 6.54 Å². The molecule has 0 radical (unpaired) electrons. The summed E-state index contributed by atoms with van der Waals surface area (Å²) in [6.45, 7) is -0.125. The summed E-state index contributed by atoms with van der Waals surface area (Å²) >= 11 is 0. The van der Waals surface area contributed by atoms with Gasteiger partial charge in [-0.2, -0.15) is 4.68 Å². The van der Waals surface area contributed by atoms with Gasteiger partial charge in [0, 0.05) is 0 Å². The maximum atomic E-state index is 13.3. The number of ether oxygens (including phenoxy) is 2. The maximum Gasteiger partial charge on any atom is 0.258 e. The van der Waals surface area contributed by atoms with E-state index in [1.165, 1.54) is 23.9 Å². The number of carbonyl (C=O) groups is 1. The Morgan fingerprint density at radius 2 is 2.00 bits per heavy atom. The summed E-state index contributed by atoms with van der Waals surface area (Å²) in [7, 11) is 1.52. The van der Waals surface area contributed by atoms with E-state index in [1.54, 1.807) is 36.4 Å². The van der Waals surface area contributed by atoms with E-state index in [4.69, 9.17) is 9.47 Å². The Kier molecular flexibility index (Phi) is 5.37. The van der Waals surface area contributed by atoms with E-state index in [0.29, 0.717) is 23.0 Å². The summed E-state index contributed by atoms with van der Waals surface area (Å²) < 4.78 is 25.3. The zero-order valence-electron chi connectivity index (χ0n) is 13.9. The molecule has 9 heteroatoms. The number of halogens is 1. The third-order valence-electron chi connectivity index (χ3n) is 3.46. The van der Waals surface area contributed by atoms with Crippen LogP contribution >= 0.6 is 0 Å². The number of para-hydroxylation sites is 2. The number of nitrogens with one attached hydrogen (secondary N) is 1. The second kappa shape index (κ2) is 8.06. The molecule has 134 valence electrons. The smallest absolute Gasteiger partial charge is 0.258 e. The summed E-state index contributed by atoms with van der Waals surface area (Å²) in [6, 6.07) is 12.9. The van der Waals surface area contributed by atoms with Crippen molar-refractivity contribution >= 4 is 5.91 Å². The molecule has 0 aliphatic heterocycles. The summed E-state index contributed by atoms with van der Waals surface area (Å²) in [4.78, 5) is 12.0. The Hall–Kier alpha value is -3.49. The highest BCUT2D eigenvalue weighted by molar-refractivity contribution is 5.77. The Morgan fingerprint density at radius 1 is 1.19 bits per heavy atom. The maximum absolute atomic E-state index is 13.3. The summed E-state index contributed by atoms with van der Waals surface area (Å²) in [5.41, 5.74) is 0.463. The highest BCUT2D eigenvalue weighted by Gasteiger charge is 2.11.